The molecule has 0 spiro atoms. The molecular weight excluding hydrogens is 280 g/mol. The number of rotatable bonds is 4. The van der Waals surface area contributed by atoms with Crippen LogP contribution in [0, 0.1) is 6.92 Å². The number of aryl methyl sites for hydroxylation is 1. The Bertz CT molecular complexity index is 671. The van der Waals surface area contributed by atoms with Crippen molar-refractivity contribution in [2.24, 2.45) is 5.73 Å². The maximum Gasteiger partial charge on any atom is 0.411 e. The molecule has 0 saturated heterocycles. The number of carbonyl (C=O) groups excluding carboxylic acids is 1. The van der Waals surface area contributed by atoms with E-state index < -0.39 is 12.1 Å². The van der Waals surface area contributed by atoms with Crippen molar-refractivity contribution in [3.8, 4) is 5.75 Å². The molecule has 1 unspecified atom stereocenters. The van der Waals surface area contributed by atoms with Crippen LogP contribution in [0.2, 0.25) is 0 Å². The molecule has 0 bridgehead atoms. The Morgan fingerprint density at radius 1 is 1.14 bits per heavy atom. The van der Waals surface area contributed by atoms with Gasteiger partial charge in [-0.05, 0) is 30.2 Å². The van der Waals surface area contributed by atoms with E-state index in [9.17, 15) is 4.79 Å². The molecule has 1 atom stereocenters. The Balaban J connectivity index is 2.44. The molecule has 2 aromatic carbocycles. The van der Waals surface area contributed by atoms with E-state index in [0.717, 1.165) is 16.7 Å². The molecule has 0 fully saturated rings. The van der Waals surface area contributed by atoms with Crippen molar-refractivity contribution in [1.82, 2.24) is 0 Å². The van der Waals surface area contributed by atoms with E-state index >= 15 is 0 Å². The predicted molar refractivity (Wildman–Crippen MR) is 86.2 cm³/mol. The van der Waals surface area contributed by atoms with Crippen LogP contribution in [-0.4, -0.2) is 20.3 Å². The van der Waals surface area contributed by atoms with Crippen molar-refractivity contribution in [3.05, 3.63) is 59.2 Å². The zero-order valence-electron chi connectivity index (χ0n) is 12.9. The summed E-state index contributed by atoms with van der Waals surface area (Å²) in [5.41, 5.74) is 9.68. The number of carbonyl (C=O) groups is 1. The number of benzene rings is 2. The smallest absolute Gasteiger partial charge is 0.411 e. The van der Waals surface area contributed by atoms with Gasteiger partial charge >= 0.3 is 6.09 Å². The van der Waals surface area contributed by atoms with Gasteiger partial charge in [0.2, 0.25) is 0 Å². The molecule has 3 N–H and O–H groups in total. The molecule has 5 heteroatoms. The molecule has 0 aliphatic carbocycles. The summed E-state index contributed by atoms with van der Waals surface area (Å²) in [6, 6.07) is 12.8. The third-order valence-corrected chi connectivity index (χ3v) is 3.44. The molecular formula is C17H20N2O3. The van der Waals surface area contributed by atoms with Gasteiger partial charge in [-0.1, -0.05) is 30.3 Å². The topological polar surface area (TPSA) is 73.6 Å². The first-order valence-electron chi connectivity index (χ1n) is 6.90. The molecule has 22 heavy (non-hydrogen) atoms. The second-order valence-corrected chi connectivity index (χ2v) is 4.93. The van der Waals surface area contributed by atoms with E-state index in [1.54, 1.807) is 7.11 Å². The maximum atomic E-state index is 11.5. The molecule has 2 aromatic rings. The molecule has 0 saturated carbocycles. The van der Waals surface area contributed by atoms with Crippen LogP contribution in [0.15, 0.2) is 42.5 Å². The van der Waals surface area contributed by atoms with Crippen LogP contribution < -0.4 is 15.8 Å². The van der Waals surface area contributed by atoms with Crippen LogP contribution in [0.1, 0.15) is 22.7 Å². The predicted octanol–water partition coefficient (Wildman–Crippen LogP) is 3.23. The van der Waals surface area contributed by atoms with Crippen molar-refractivity contribution in [3.63, 3.8) is 0 Å². The highest BCUT2D eigenvalue weighted by atomic mass is 16.5. The Hall–Kier alpha value is -2.53. The Labute approximate surface area is 130 Å². The summed E-state index contributed by atoms with van der Waals surface area (Å²) in [4.78, 5) is 11.5. The number of ether oxygens (including phenoxy) is 2. The highest BCUT2D eigenvalue weighted by Gasteiger charge is 2.18. The zero-order valence-corrected chi connectivity index (χ0v) is 12.9. The van der Waals surface area contributed by atoms with Gasteiger partial charge in [0, 0.05) is 11.3 Å². The molecule has 0 aliphatic rings. The average molecular weight is 300 g/mol. The molecule has 1 amide bonds. The van der Waals surface area contributed by atoms with E-state index in [0.29, 0.717) is 11.4 Å². The number of methoxy groups -OCH3 is 2. The second-order valence-electron chi connectivity index (χ2n) is 4.93. The number of hydrogen-bond acceptors (Lipinski definition) is 4. The van der Waals surface area contributed by atoms with E-state index in [-0.39, 0.29) is 0 Å². The van der Waals surface area contributed by atoms with Gasteiger partial charge in [-0.2, -0.15) is 0 Å². The number of para-hydroxylation sites is 1. The Morgan fingerprint density at radius 2 is 1.86 bits per heavy atom. The summed E-state index contributed by atoms with van der Waals surface area (Å²) >= 11 is 0. The summed E-state index contributed by atoms with van der Waals surface area (Å²) in [7, 11) is 2.93. The summed E-state index contributed by atoms with van der Waals surface area (Å²) in [5, 5.41) is 2.71. The number of hydrogen-bond donors (Lipinski definition) is 2. The molecule has 2 rings (SSSR count). The lowest BCUT2D eigenvalue weighted by molar-refractivity contribution is 0.187. The Morgan fingerprint density at radius 3 is 2.55 bits per heavy atom. The van der Waals surface area contributed by atoms with Gasteiger partial charge in [0.05, 0.1) is 20.3 Å². The molecule has 0 heterocycles. The lowest BCUT2D eigenvalue weighted by atomic mass is 9.96. The van der Waals surface area contributed by atoms with Gasteiger partial charge < -0.3 is 15.2 Å². The lowest BCUT2D eigenvalue weighted by Gasteiger charge is -2.19. The monoisotopic (exact) mass is 300 g/mol. The summed E-state index contributed by atoms with van der Waals surface area (Å²) in [5.74, 6) is 0.708. The molecule has 0 radical (unpaired) electrons. The van der Waals surface area contributed by atoms with Gasteiger partial charge in [0.15, 0.2) is 0 Å². The minimum atomic E-state index is -0.529. The third kappa shape index (κ3) is 3.38. The minimum Gasteiger partial charge on any atom is -0.496 e. The van der Waals surface area contributed by atoms with Crippen molar-refractivity contribution < 1.29 is 14.3 Å². The van der Waals surface area contributed by atoms with E-state index in [1.807, 2.05) is 49.4 Å². The van der Waals surface area contributed by atoms with Crippen LogP contribution in [0.3, 0.4) is 0 Å². The van der Waals surface area contributed by atoms with Crippen molar-refractivity contribution in [2.45, 2.75) is 13.0 Å². The molecule has 0 aromatic heterocycles. The number of amides is 1. The van der Waals surface area contributed by atoms with Crippen molar-refractivity contribution in [1.29, 1.82) is 0 Å². The second kappa shape index (κ2) is 6.95. The first-order chi connectivity index (χ1) is 10.6. The fourth-order valence-electron chi connectivity index (χ4n) is 2.30. The first-order valence-corrected chi connectivity index (χ1v) is 6.90. The lowest BCUT2D eigenvalue weighted by Crippen LogP contribution is -2.18. The van der Waals surface area contributed by atoms with E-state index in [2.05, 4.69) is 10.1 Å². The number of nitrogens with two attached hydrogens (primary N) is 1. The maximum absolute atomic E-state index is 11.5. The number of anilines is 1. The largest absolute Gasteiger partial charge is 0.496 e. The van der Waals surface area contributed by atoms with E-state index in [4.69, 9.17) is 10.5 Å². The van der Waals surface area contributed by atoms with Crippen LogP contribution in [0.4, 0.5) is 10.5 Å². The average Bonchev–Trinajstić information content (AvgIpc) is 2.54. The molecule has 0 aliphatic heterocycles. The molecule has 5 nitrogen and oxygen atoms in total. The fourth-order valence-corrected chi connectivity index (χ4v) is 2.30. The van der Waals surface area contributed by atoms with Crippen molar-refractivity contribution in [2.75, 3.05) is 19.5 Å². The van der Waals surface area contributed by atoms with Crippen LogP contribution in [-0.2, 0) is 4.74 Å². The number of nitrogens with one attached hydrogen (secondary N) is 1. The summed E-state index contributed by atoms with van der Waals surface area (Å²) < 4.78 is 10.0. The van der Waals surface area contributed by atoms with Crippen LogP contribution in [0.25, 0.3) is 0 Å². The van der Waals surface area contributed by atoms with Gasteiger partial charge in [-0.15, -0.1) is 0 Å². The minimum absolute atomic E-state index is 0.427. The third-order valence-electron chi connectivity index (χ3n) is 3.44. The molecule has 116 valence electrons. The fraction of sp³-hybridized carbons (Fsp3) is 0.235. The van der Waals surface area contributed by atoms with Crippen LogP contribution in [0.5, 0.6) is 5.75 Å². The van der Waals surface area contributed by atoms with Gasteiger partial charge in [-0.25, -0.2) is 4.79 Å². The highest BCUT2D eigenvalue weighted by Crippen LogP contribution is 2.32. The summed E-state index contributed by atoms with van der Waals surface area (Å²) in [6.07, 6.45) is -0.529. The SMILES string of the molecule is COC(=O)Nc1cc(C)ccc1C(N)c1ccccc1OC. The summed E-state index contributed by atoms with van der Waals surface area (Å²) in [6.45, 7) is 1.95. The van der Waals surface area contributed by atoms with Crippen LogP contribution >= 0.6 is 0 Å². The first kappa shape index (κ1) is 15.9. The van der Waals surface area contributed by atoms with Gasteiger partial charge in [0.1, 0.15) is 5.75 Å². The normalized spacial score (nSPS) is 11.6. The highest BCUT2D eigenvalue weighted by molar-refractivity contribution is 5.86. The standard InChI is InChI=1S/C17H20N2O3/c1-11-8-9-12(14(10-11)19-17(20)22-3)16(18)13-6-4-5-7-15(13)21-2/h4-10,16H,18H2,1-3H3,(H,19,20). The zero-order chi connectivity index (χ0) is 16.1. The van der Waals surface area contributed by atoms with Crippen molar-refractivity contribution >= 4 is 11.8 Å². The van der Waals surface area contributed by atoms with Gasteiger partial charge in [-0.3, -0.25) is 5.32 Å². The van der Waals surface area contributed by atoms with E-state index in [1.165, 1.54) is 7.11 Å². The Kier molecular flexibility index (Phi) is 5.01. The quantitative estimate of drug-likeness (QED) is 0.909. The van der Waals surface area contributed by atoms with Gasteiger partial charge in [0.25, 0.3) is 0 Å².